The van der Waals surface area contributed by atoms with Gasteiger partial charge in [-0.3, -0.25) is 4.79 Å². The third-order valence-corrected chi connectivity index (χ3v) is 5.20. The van der Waals surface area contributed by atoms with Gasteiger partial charge in [0.1, 0.15) is 5.65 Å². The molecule has 2 heterocycles. The van der Waals surface area contributed by atoms with E-state index in [0.29, 0.717) is 12.1 Å². The maximum Gasteiger partial charge on any atom is 0.252 e. The lowest BCUT2D eigenvalue weighted by molar-refractivity contribution is 0.0949. The molecule has 24 heavy (non-hydrogen) atoms. The van der Waals surface area contributed by atoms with Crippen LogP contribution in [-0.4, -0.2) is 22.0 Å². The van der Waals surface area contributed by atoms with Crippen LogP contribution >= 0.6 is 0 Å². The van der Waals surface area contributed by atoms with Crippen molar-refractivity contribution in [1.82, 2.24) is 14.9 Å². The number of amides is 1. The predicted molar refractivity (Wildman–Crippen MR) is 95.1 cm³/mol. The topological polar surface area (TPSA) is 46.9 Å². The summed E-state index contributed by atoms with van der Waals surface area (Å²) in [5.41, 5.74) is 4.11. The zero-order valence-electron chi connectivity index (χ0n) is 14.0. The highest BCUT2D eigenvalue weighted by molar-refractivity contribution is 5.97. The molecule has 1 fully saturated rings. The van der Waals surface area contributed by atoms with E-state index in [1.807, 2.05) is 30.7 Å². The number of nitrogens with zero attached hydrogens (tertiary/aromatic N) is 2. The third kappa shape index (κ3) is 2.48. The summed E-state index contributed by atoms with van der Waals surface area (Å²) in [4.78, 5) is 17.0. The van der Waals surface area contributed by atoms with E-state index in [0.717, 1.165) is 29.6 Å². The van der Waals surface area contributed by atoms with E-state index in [2.05, 4.69) is 40.6 Å². The predicted octanol–water partition coefficient (Wildman–Crippen LogP) is 3.34. The summed E-state index contributed by atoms with van der Waals surface area (Å²) in [6, 6.07) is 14.4. The van der Waals surface area contributed by atoms with Crippen molar-refractivity contribution in [3.05, 3.63) is 65.5 Å². The number of pyridine rings is 1. The van der Waals surface area contributed by atoms with Gasteiger partial charge in [-0.2, -0.15) is 0 Å². The average molecular weight is 319 g/mol. The minimum Gasteiger partial charge on any atom is -0.351 e. The van der Waals surface area contributed by atoms with Crippen molar-refractivity contribution in [1.29, 1.82) is 0 Å². The van der Waals surface area contributed by atoms with Crippen molar-refractivity contribution in [2.24, 2.45) is 7.05 Å². The van der Waals surface area contributed by atoms with Gasteiger partial charge in [0.2, 0.25) is 0 Å². The van der Waals surface area contributed by atoms with Gasteiger partial charge in [-0.1, -0.05) is 30.3 Å². The summed E-state index contributed by atoms with van der Waals surface area (Å²) in [6.07, 6.45) is 3.93. The number of aromatic nitrogens is 2. The summed E-state index contributed by atoms with van der Waals surface area (Å²) in [6.45, 7) is 2.72. The third-order valence-electron chi connectivity index (χ3n) is 5.20. The first-order chi connectivity index (χ1) is 11.6. The van der Waals surface area contributed by atoms with Crippen LogP contribution in [0.25, 0.3) is 11.0 Å². The summed E-state index contributed by atoms with van der Waals surface area (Å²) < 4.78 is 2.03. The number of fused-ring (bicyclic) bond motifs is 1. The van der Waals surface area contributed by atoms with Crippen molar-refractivity contribution < 1.29 is 4.79 Å². The average Bonchev–Trinajstić information content (AvgIpc) is 3.35. The molecule has 3 aromatic rings. The molecule has 0 unspecified atom stereocenters. The summed E-state index contributed by atoms with van der Waals surface area (Å²) in [5.74, 6) is -0.0480. The van der Waals surface area contributed by atoms with Crippen LogP contribution in [0.5, 0.6) is 0 Å². The van der Waals surface area contributed by atoms with E-state index in [4.69, 9.17) is 0 Å². The maximum atomic E-state index is 12.5. The summed E-state index contributed by atoms with van der Waals surface area (Å²) in [7, 11) is 1.99. The molecular weight excluding hydrogens is 298 g/mol. The van der Waals surface area contributed by atoms with Crippen LogP contribution in [0.1, 0.15) is 34.5 Å². The highest BCUT2D eigenvalue weighted by Gasteiger charge is 2.44. The molecule has 4 nitrogen and oxygen atoms in total. The standard InChI is InChI=1S/C20H21N3O/c1-14-10-15-11-16(12-21-18(15)23(14)2)19(24)22-13-20(8-9-20)17-6-4-3-5-7-17/h3-7,10-12H,8-9,13H2,1-2H3,(H,22,24). The number of rotatable bonds is 4. The van der Waals surface area contributed by atoms with E-state index in [9.17, 15) is 4.79 Å². The lowest BCUT2D eigenvalue weighted by Crippen LogP contribution is -2.32. The molecule has 1 saturated carbocycles. The molecule has 2 aromatic heterocycles. The Kier molecular flexibility index (Phi) is 3.41. The quantitative estimate of drug-likeness (QED) is 0.801. The molecule has 0 bridgehead atoms. The van der Waals surface area contributed by atoms with Gasteiger partial charge in [0.05, 0.1) is 5.56 Å². The lowest BCUT2D eigenvalue weighted by atomic mass is 9.96. The molecule has 1 amide bonds. The van der Waals surface area contributed by atoms with Crippen LogP contribution in [0.4, 0.5) is 0 Å². The van der Waals surface area contributed by atoms with Crippen LogP contribution < -0.4 is 5.32 Å². The Labute approximate surface area is 141 Å². The van der Waals surface area contributed by atoms with Gasteiger partial charge in [-0.25, -0.2) is 4.98 Å². The lowest BCUT2D eigenvalue weighted by Gasteiger charge is -2.16. The molecule has 0 spiro atoms. The van der Waals surface area contributed by atoms with Gasteiger partial charge in [0.15, 0.2) is 0 Å². The van der Waals surface area contributed by atoms with Crippen LogP contribution in [0, 0.1) is 6.92 Å². The van der Waals surface area contributed by atoms with Gasteiger partial charge in [0.25, 0.3) is 5.91 Å². The van der Waals surface area contributed by atoms with Crippen LogP contribution in [-0.2, 0) is 12.5 Å². The largest absolute Gasteiger partial charge is 0.351 e. The Morgan fingerprint density at radius 3 is 2.71 bits per heavy atom. The van der Waals surface area contributed by atoms with Crippen LogP contribution in [0.2, 0.25) is 0 Å². The normalized spacial score (nSPS) is 15.4. The van der Waals surface area contributed by atoms with Gasteiger partial charge >= 0.3 is 0 Å². The molecule has 1 N–H and O–H groups in total. The molecule has 1 aromatic carbocycles. The van der Waals surface area contributed by atoms with E-state index >= 15 is 0 Å². The molecule has 122 valence electrons. The maximum absolute atomic E-state index is 12.5. The van der Waals surface area contributed by atoms with Gasteiger partial charge in [-0.05, 0) is 37.5 Å². The smallest absolute Gasteiger partial charge is 0.252 e. The second-order valence-corrected chi connectivity index (χ2v) is 6.81. The SMILES string of the molecule is Cc1cc2cc(C(=O)NCC3(c4ccccc4)CC3)cnc2n1C. The fourth-order valence-corrected chi connectivity index (χ4v) is 3.34. The van der Waals surface area contributed by atoms with E-state index in [1.54, 1.807) is 6.20 Å². The molecule has 1 aliphatic rings. The highest BCUT2D eigenvalue weighted by atomic mass is 16.1. The van der Waals surface area contributed by atoms with Crippen molar-refractivity contribution >= 4 is 16.9 Å². The summed E-state index contributed by atoms with van der Waals surface area (Å²) in [5, 5.41) is 4.11. The van der Waals surface area contributed by atoms with Crippen LogP contribution in [0.15, 0.2) is 48.7 Å². The number of benzene rings is 1. The number of hydrogen-bond acceptors (Lipinski definition) is 2. The number of nitrogens with one attached hydrogen (secondary N) is 1. The van der Waals surface area contributed by atoms with Crippen molar-refractivity contribution in [3.8, 4) is 0 Å². The Morgan fingerprint density at radius 1 is 1.25 bits per heavy atom. The molecule has 0 atom stereocenters. The van der Waals surface area contributed by atoms with Gasteiger partial charge in [-0.15, -0.1) is 0 Å². The molecule has 4 rings (SSSR count). The van der Waals surface area contributed by atoms with E-state index in [-0.39, 0.29) is 11.3 Å². The van der Waals surface area contributed by atoms with Gasteiger partial charge < -0.3 is 9.88 Å². The van der Waals surface area contributed by atoms with Gasteiger partial charge in [0, 0.05) is 36.3 Å². The number of aryl methyl sites for hydroxylation is 2. The first-order valence-electron chi connectivity index (χ1n) is 8.35. The Bertz CT molecular complexity index is 907. The monoisotopic (exact) mass is 319 g/mol. The molecule has 0 radical (unpaired) electrons. The molecular formula is C20H21N3O. The first kappa shape index (κ1) is 14.9. The first-order valence-corrected chi connectivity index (χ1v) is 8.35. The number of hydrogen-bond donors (Lipinski definition) is 1. The Morgan fingerprint density at radius 2 is 2.00 bits per heavy atom. The zero-order chi connectivity index (χ0) is 16.7. The van der Waals surface area contributed by atoms with Crippen molar-refractivity contribution in [3.63, 3.8) is 0 Å². The minimum atomic E-state index is -0.0480. The number of carbonyl (C=O) groups excluding carboxylic acids is 1. The molecule has 0 saturated heterocycles. The fourth-order valence-electron chi connectivity index (χ4n) is 3.34. The van der Waals surface area contributed by atoms with Crippen LogP contribution in [0.3, 0.4) is 0 Å². The molecule has 1 aliphatic carbocycles. The second-order valence-electron chi connectivity index (χ2n) is 6.81. The Balaban J connectivity index is 1.51. The number of carbonyl (C=O) groups is 1. The zero-order valence-corrected chi connectivity index (χ0v) is 14.0. The Hall–Kier alpha value is -2.62. The molecule has 4 heteroatoms. The summed E-state index contributed by atoms with van der Waals surface area (Å²) >= 11 is 0. The minimum absolute atomic E-state index is 0.0480. The fraction of sp³-hybridized carbons (Fsp3) is 0.300. The van der Waals surface area contributed by atoms with E-state index < -0.39 is 0 Å². The molecule has 0 aliphatic heterocycles. The van der Waals surface area contributed by atoms with Crippen molar-refractivity contribution in [2.75, 3.05) is 6.54 Å². The second kappa shape index (κ2) is 5.48. The van der Waals surface area contributed by atoms with E-state index in [1.165, 1.54) is 5.56 Å². The van der Waals surface area contributed by atoms with Crippen molar-refractivity contribution in [2.45, 2.75) is 25.2 Å². The highest BCUT2D eigenvalue weighted by Crippen LogP contribution is 2.47.